The SMILES string of the molecule is CN1CC[C@@](F)(C(=O)O)C1. The third-order valence-electron chi connectivity index (χ3n) is 1.79. The molecular formula is C6H10FNO2. The minimum Gasteiger partial charge on any atom is -0.479 e. The van der Waals surface area contributed by atoms with Gasteiger partial charge in [0.2, 0.25) is 5.67 Å². The van der Waals surface area contributed by atoms with Crippen molar-refractivity contribution in [1.82, 2.24) is 4.90 Å². The van der Waals surface area contributed by atoms with Crippen molar-refractivity contribution in [3.05, 3.63) is 0 Å². The Hall–Kier alpha value is -0.640. The van der Waals surface area contributed by atoms with Gasteiger partial charge in [0.15, 0.2) is 0 Å². The molecule has 0 spiro atoms. The minimum atomic E-state index is -1.99. The largest absolute Gasteiger partial charge is 0.479 e. The standard InChI is InChI=1S/C6H10FNO2/c1-8-3-2-6(7,4-8)5(9)10/h2-4H2,1H3,(H,9,10)/t6-/m0/s1. The summed E-state index contributed by atoms with van der Waals surface area (Å²) in [6.07, 6.45) is 0.110. The van der Waals surface area contributed by atoms with Crippen LogP contribution in [0.1, 0.15) is 6.42 Å². The van der Waals surface area contributed by atoms with E-state index >= 15 is 0 Å². The molecule has 1 N–H and O–H groups in total. The third-order valence-corrected chi connectivity index (χ3v) is 1.79. The molecule has 3 nitrogen and oxygen atoms in total. The number of carboxylic acids is 1. The maximum absolute atomic E-state index is 13.0. The second-order valence-electron chi connectivity index (χ2n) is 2.76. The van der Waals surface area contributed by atoms with E-state index in [2.05, 4.69) is 0 Å². The molecule has 0 amide bonds. The van der Waals surface area contributed by atoms with Crippen LogP contribution in [0.2, 0.25) is 0 Å². The van der Waals surface area contributed by atoms with Crippen molar-refractivity contribution in [2.75, 3.05) is 20.1 Å². The number of aliphatic carboxylic acids is 1. The third kappa shape index (κ3) is 1.11. The summed E-state index contributed by atoms with van der Waals surface area (Å²) in [6, 6.07) is 0. The number of carbonyl (C=O) groups is 1. The summed E-state index contributed by atoms with van der Waals surface area (Å²) in [6.45, 7) is 0.547. The molecule has 4 heteroatoms. The summed E-state index contributed by atoms with van der Waals surface area (Å²) in [5.74, 6) is -1.34. The average molecular weight is 147 g/mol. The van der Waals surface area contributed by atoms with Gasteiger partial charge in [-0.2, -0.15) is 0 Å². The van der Waals surface area contributed by atoms with Crippen LogP contribution in [0.25, 0.3) is 0 Å². The highest BCUT2D eigenvalue weighted by atomic mass is 19.1. The van der Waals surface area contributed by atoms with Gasteiger partial charge in [-0.05, 0) is 7.05 Å². The van der Waals surface area contributed by atoms with Crippen molar-refractivity contribution in [1.29, 1.82) is 0 Å². The zero-order valence-electron chi connectivity index (χ0n) is 5.80. The molecule has 0 unspecified atom stereocenters. The molecule has 1 aliphatic rings. The number of halogens is 1. The quantitative estimate of drug-likeness (QED) is 0.572. The van der Waals surface area contributed by atoms with Crippen molar-refractivity contribution in [3.63, 3.8) is 0 Å². The van der Waals surface area contributed by atoms with E-state index < -0.39 is 11.6 Å². The Morgan fingerprint density at radius 3 is 2.60 bits per heavy atom. The molecule has 1 atom stereocenters. The van der Waals surface area contributed by atoms with Gasteiger partial charge < -0.3 is 10.0 Å². The van der Waals surface area contributed by atoms with Gasteiger partial charge in [0, 0.05) is 19.5 Å². The lowest BCUT2D eigenvalue weighted by Gasteiger charge is -2.12. The van der Waals surface area contributed by atoms with Gasteiger partial charge in [-0.1, -0.05) is 0 Å². The van der Waals surface area contributed by atoms with Crippen molar-refractivity contribution in [2.45, 2.75) is 12.1 Å². The first-order valence-electron chi connectivity index (χ1n) is 3.15. The maximum Gasteiger partial charge on any atom is 0.342 e. The van der Waals surface area contributed by atoms with Gasteiger partial charge in [-0.25, -0.2) is 9.18 Å². The summed E-state index contributed by atoms with van der Waals surface area (Å²) >= 11 is 0. The number of hydrogen-bond acceptors (Lipinski definition) is 2. The van der Waals surface area contributed by atoms with E-state index in [1.165, 1.54) is 0 Å². The van der Waals surface area contributed by atoms with E-state index in [1.807, 2.05) is 0 Å². The van der Waals surface area contributed by atoms with E-state index in [-0.39, 0.29) is 13.0 Å². The molecule has 0 radical (unpaired) electrons. The molecule has 0 aromatic carbocycles. The lowest BCUT2D eigenvalue weighted by Crippen LogP contribution is -2.35. The van der Waals surface area contributed by atoms with Crippen molar-refractivity contribution < 1.29 is 14.3 Å². The number of likely N-dealkylation sites (tertiary alicyclic amines) is 1. The Bertz CT molecular complexity index is 162. The van der Waals surface area contributed by atoms with Crippen LogP contribution in [0, 0.1) is 0 Å². The molecule has 0 aromatic rings. The zero-order valence-corrected chi connectivity index (χ0v) is 5.80. The molecule has 0 aromatic heterocycles. The number of hydrogen-bond donors (Lipinski definition) is 1. The zero-order chi connectivity index (χ0) is 7.78. The van der Waals surface area contributed by atoms with Crippen molar-refractivity contribution in [3.8, 4) is 0 Å². The van der Waals surface area contributed by atoms with Crippen molar-refractivity contribution in [2.24, 2.45) is 0 Å². The smallest absolute Gasteiger partial charge is 0.342 e. The van der Waals surface area contributed by atoms with E-state index in [4.69, 9.17) is 5.11 Å². The van der Waals surface area contributed by atoms with Crippen LogP contribution in [0.4, 0.5) is 4.39 Å². The Balaban J connectivity index is 2.63. The van der Waals surface area contributed by atoms with Gasteiger partial charge in [0.1, 0.15) is 0 Å². The van der Waals surface area contributed by atoms with Crippen LogP contribution in [0.5, 0.6) is 0 Å². The summed E-state index contributed by atoms with van der Waals surface area (Å²) in [4.78, 5) is 11.9. The second kappa shape index (κ2) is 2.20. The van der Waals surface area contributed by atoms with Gasteiger partial charge in [-0.15, -0.1) is 0 Å². The number of nitrogens with zero attached hydrogens (tertiary/aromatic N) is 1. The second-order valence-corrected chi connectivity index (χ2v) is 2.76. The number of carboxylic acid groups (broad SMARTS) is 1. The molecule has 58 valence electrons. The number of alkyl halides is 1. The molecule has 1 aliphatic heterocycles. The molecule has 10 heavy (non-hydrogen) atoms. The summed E-state index contributed by atoms with van der Waals surface area (Å²) in [5, 5.41) is 8.39. The van der Waals surface area contributed by atoms with E-state index in [0.29, 0.717) is 6.54 Å². The monoisotopic (exact) mass is 147 g/mol. The van der Waals surface area contributed by atoms with Crippen LogP contribution >= 0.6 is 0 Å². The number of rotatable bonds is 1. The van der Waals surface area contributed by atoms with E-state index in [1.54, 1.807) is 11.9 Å². The maximum atomic E-state index is 13.0. The van der Waals surface area contributed by atoms with Crippen molar-refractivity contribution >= 4 is 5.97 Å². The first-order chi connectivity index (χ1) is 4.54. The normalized spacial score (nSPS) is 34.6. The highest BCUT2D eigenvalue weighted by Crippen LogP contribution is 2.24. The molecule has 0 bridgehead atoms. The molecule has 1 rings (SSSR count). The van der Waals surface area contributed by atoms with Crippen LogP contribution in [-0.4, -0.2) is 41.8 Å². The fourth-order valence-corrected chi connectivity index (χ4v) is 1.13. The molecular weight excluding hydrogens is 137 g/mol. The Kier molecular flexibility index (Phi) is 1.64. The highest BCUT2D eigenvalue weighted by molar-refractivity contribution is 5.78. The Labute approximate surface area is 58.4 Å². The van der Waals surface area contributed by atoms with Gasteiger partial charge in [-0.3, -0.25) is 0 Å². The van der Waals surface area contributed by atoms with Gasteiger partial charge >= 0.3 is 5.97 Å². The topological polar surface area (TPSA) is 40.5 Å². The van der Waals surface area contributed by atoms with Gasteiger partial charge in [0.05, 0.1) is 0 Å². The molecule has 0 aliphatic carbocycles. The summed E-state index contributed by atoms with van der Waals surface area (Å²) < 4.78 is 13.0. The first-order valence-corrected chi connectivity index (χ1v) is 3.15. The fourth-order valence-electron chi connectivity index (χ4n) is 1.13. The summed E-state index contributed by atoms with van der Waals surface area (Å²) in [5.41, 5.74) is -1.99. The van der Waals surface area contributed by atoms with E-state index in [0.717, 1.165) is 0 Å². The lowest BCUT2D eigenvalue weighted by molar-refractivity contribution is -0.149. The fraction of sp³-hybridized carbons (Fsp3) is 0.833. The van der Waals surface area contributed by atoms with Crippen LogP contribution in [0.3, 0.4) is 0 Å². The average Bonchev–Trinajstić information content (AvgIpc) is 2.13. The minimum absolute atomic E-state index is 0.0162. The van der Waals surface area contributed by atoms with Crippen LogP contribution < -0.4 is 0 Å². The predicted molar refractivity (Wildman–Crippen MR) is 33.6 cm³/mol. The summed E-state index contributed by atoms with van der Waals surface area (Å²) in [7, 11) is 1.71. The lowest BCUT2D eigenvalue weighted by atomic mass is 10.1. The molecule has 1 heterocycles. The van der Waals surface area contributed by atoms with Crippen LogP contribution in [-0.2, 0) is 4.79 Å². The molecule has 1 fully saturated rings. The van der Waals surface area contributed by atoms with E-state index in [9.17, 15) is 9.18 Å². The Morgan fingerprint density at radius 2 is 2.40 bits per heavy atom. The highest BCUT2D eigenvalue weighted by Gasteiger charge is 2.43. The molecule has 1 saturated heterocycles. The Morgan fingerprint density at radius 1 is 1.80 bits per heavy atom. The van der Waals surface area contributed by atoms with Gasteiger partial charge in [0.25, 0.3) is 0 Å². The first kappa shape index (κ1) is 7.47. The van der Waals surface area contributed by atoms with Crippen LogP contribution in [0.15, 0.2) is 0 Å². The molecule has 0 saturated carbocycles. The predicted octanol–water partition coefficient (Wildman–Crippen LogP) is 0.115.